The summed E-state index contributed by atoms with van der Waals surface area (Å²) >= 11 is 0. The van der Waals surface area contributed by atoms with Crippen molar-refractivity contribution >= 4 is 22.3 Å². The number of benzene rings is 2. The standard InChI is InChI=1S/C19H17N3O/c1-5-14-6-2-9-17-18(14)16(8-1)19(22-17)21-11-4-12-23-15-7-3-10-20-13-15/h1-3,5-10,13H,4,11-12H2,(H,21,22). The number of hydrogen-bond acceptors (Lipinski definition) is 3. The minimum Gasteiger partial charge on any atom is -0.492 e. The SMILES string of the molecule is c1cncc(OCCCN=C2Nc3cccc4cccc2c34)c1. The molecule has 4 heteroatoms. The Morgan fingerprint density at radius 2 is 1.96 bits per heavy atom. The van der Waals surface area contributed by atoms with E-state index in [1.54, 1.807) is 12.4 Å². The van der Waals surface area contributed by atoms with E-state index in [2.05, 4.69) is 46.7 Å². The van der Waals surface area contributed by atoms with E-state index in [1.807, 2.05) is 12.1 Å². The minimum absolute atomic E-state index is 0.639. The van der Waals surface area contributed by atoms with Gasteiger partial charge in [-0.1, -0.05) is 30.3 Å². The Kier molecular flexibility index (Phi) is 3.64. The molecule has 0 amide bonds. The molecule has 0 fully saturated rings. The highest BCUT2D eigenvalue weighted by Gasteiger charge is 2.18. The van der Waals surface area contributed by atoms with Crippen LogP contribution in [-0.4, -0.2) is 24.0 Å². The second-order valence-corrected chi connectivity index (χ2v) is 5.46. The van der Waals surface area contributed by atoms with Gasteiger partial charge in [-0.15, -0.1) is 0 Å². The van der Waals surface area contributed by atoms with Crippen LogP contribution in [0.5, 0.6) is 5.75 Å². The number of amidine groups is 1. The summed E-state index contributed by atoms with van der Waals surface area (Å²) in [5.74, 6) is 1.76. The van der Waals surface area contributed by atoms with Gasteiger partial charge in [0.2, 0.25) is 0 Å². The monoisotopic (exact) mass is 303 g/mol. The molecular weight excluding hydrogens is 286 g/mol. The highest BCUT2D eigenvalue weighted by molar-refractivity contribution is 6.25. The van der Waals surface area contributed by atoms with Gasteiger partial charge in [0.1, 0.15) is 11.6 Å². The lowest BCUT2D eigenvalue weighted by Gasteiger charge is -2.04. The molecule has 1 aromatic heterocycles. The van der Waals surface area contributed by atoms with Gasteiger partial charge >= 0.3 is 0 Å². The van der Waals surface area contributed by atoms with E-state index in [-0.39, 0.29) is 0 Å². The molecule has 4 rings (SSSR count). The maximum atomic E-state index is 5.64. The van der Waals surface area contributed by atoms with E-state index in [9.17, 15) is 0 Å². The van der Waals surface area contributed by atoms with E-state index < -0.39 is 0 Å². The van der Waals surface area contributed by atoms with Crippen LogP contribution in [0.2, 0.25) is 0 Å². The lowest BCUT2D eigenvalue weighted by atomic mass is 10.1. The number of ether oxygens (including phenoxy) is 1. The molecule has 114 valence electrons. The van der Waals surface area contributed by atoms with Gasteiger partial charge in [0.15, 0.2) is 0 Å². The Labute approximate surface area is 134 Å². The van der Waals surface area contributed by atoms with Crippen molar-refractivity contribution in [3.05, 3.63) is 66.5 Å². The van der Waals surface area contributed by atoms with Crippen molar-refractivity contribution in [3.8, 4) is 5.75 Å². The van der Waals surface area contributed by atoms with Crippen LogP contribution >= 0.6 is 0 Å². The largest absolute Gasteiger partial charge is 0.492 e. The topological polar surface area (TPSA) is 46.5 Å². The summed E-state index contributed by atoms with van der Waals surface area (Å²) in [7, 11) is 0. The van der Waals surface area contributed by atoms with Crippen LogP contribution in [0.1, 0.15) is 12.0 Å². The van der Waals surface area contributed by atoms with Crippen molar-refractivity contribution in [2.24, 2.45) is 4.99 Å². The van der Waals surface area contributed by atoms with Crippen molar-refractivity contribution in [2.45, 2.75) is 6.42 Å². The summed E-state index contributed by atoms with van der Waals surface area (Å²) in [6.45, 7) is 1.37. The highest BCUT2D eigenvalue weighted by atomic mass is 16.5. The number of anilines is 1. The van der Waals surface area contributed by atoms with Gasteiger partial charge in [-0.2, -0.15) is 0 Å². The number of aliphatic imine (C=N–C) groups is 1. The minimum atomic E-state index is 0.639. The first-order valence-electron chi connectivity index (χ1n) is 7.78. The molecule has 23 heavy (non-hydrogen) atoms. The Morgan fingerprint density at radius 1 is 1.04 bits per heavy atom. The molecule has 0 atom stereocenters. The zero-order valence-electron chi connectivity index (χ0n) is 12.7. The van der Waals surface area contributed by atoms with E-state index in [0.717, 1.165) is 30.2 Å². The van der Waals surface area contributed by atoms with Crippen molar-refractivity contribution in [2.75, 3.05) is 18.5 Å². The third-order valence-electron chi connectivity index (χ3n) is 3.89. The smallest absolute Gasteiger partial charge is 0.137 e. The summed E-state index contributed by atoms with van der Waals surface area (Å²) in [6.07, 6.45) is 4.33. The third-order valence-corrected chi connectivity index (χ3v) is 3.89. The van der Waals surface area contributed by atoms with Crippen molar-refractivity contribution in [1.29, 1.82) is 0 Å². The van der Waals surface area contributed by atoms with Crippen LogP contribution in [0.3, 0.4) is 0 Å². The Morgan fingerprint density at radius 3 is 2.83 bits per heavy atom. The van der Waals surface area contributed by atoms with Crippen LogP contribution in [0.25, 0.3) is 10.8 Å². The van der Waals surface area contributed by atoms with Crippen LogP contribution in [0, 0.1) is 0 Å². The molecule has 0 bridgehead atoms. The molecule has 0 radical (unpaired) electrons. The van der Waals surface area contributed by atoms with Crippen LogP contribution < -0.4 is 10.1 Å². The number of hydrogen-bond donors (Lipinski definition) is 1. The molecule has 0 unspecified atom stereocenters. The summed E-state index contributed by atoms with van der Waals surface area (Å²) in [5.41, 5.74) is 2.33. The van der Waals surface area contributed by atoms with Gasteiger partial charge in [-0.05, 0) is 23.6 Å². The molecule has 1 aliphatic heterocycles. The summed E-state index contributed by atoms with van der Waals surface area (Å²) < 4.78 is 5.64. The maximum Gasteiger partial charge on any atom is 0.137 e. The van der Waals surface area contributed by atoms with Gasteiger partial charge in [0, 0.05) is 35.8 Å². The fourth-order valence-corrected chi connectivity index (χ4v) is 2.84. The molecule has 4 nitrogen and oxygen atoms in total. The first-order valence-corrected chi connectivity index (χ1v) is 7.78. The van der Waals surface area contributed by atoms with Crippen LogP contribution in [-0.2, 0) is 0 Å². The quantitative estimate of drug-likeness (QED) is 0.728. The Bertz CT molecular complexity index is 854. The van der Waals surface area contributed by atoms with Gasteiger partial charge in [0.25, 0.3) is 0 Å². The number of rotatable bonds is 5. The predicted molar refractivity (Wildman–Crippen MR) is 93.3 cm³/mol. The molecule has 0 aliphatic carbocycles. The molecule has 2 aromatic carbocycles. The Hall–Kier alpha value is -2.88. The van der Waals surface area contributed by atoms with Crippen molar-refractivity contribution in [3.63, 3.8) is 0 Å². The van der Waals surface area contributed by atoms with Crippen LogP contribution in [0.4, 0.5) is 5.69 Å². The molecule has 3 aromatic rings. The second kappa shape index (κ2) is 6.08. The van der Waals surface area contributed by atoms with Crippen LogP contribution in [0.15, 0.2) is 65.9 Å². The molecule has 0 saturated carbocycles. The van der Waals surface area contributed by atoms with Crippen molar-refractivity contribution in [1.82, 2.24) is 4.98 Å². The number of aromatic nitrogens is 1. The zero-order valence-corrected chi connectivity index (χ0v) is 12.7. The van der Waals surface area contributed by atoms with Gasteiger partial charge in [-0.3, -0.25) is 9.98 Å². The van der Waals surface area contributed by atoms with E-state index >= 15 is 0 Å². The molecule has 2 heterocycles. The highest BCUT2D eigenvalue weighted by Crippen LogP contribution is 2.32. The molecule has 0 spiro atoms. The van der Waals surface area contributed by atoms with E-state index in [1.165, 1.54) is 16.3 Å². The van der Waals surface area contributed by atoms with Gasteiger partial charge in [-0.25, -0.2) is 0 Å². The lowest BCUT2D eigenvalue weighted by molar-refractivity contribution is 0.312. The van der Waals surface area contributed by atoms with E-state index in [4.69, 9.17) is 9.73 Å². The lowest BCUT2D eigenvalue weighted by Crippen LogP contribution is -2.09. The molecule has 1 aliphatic rings. The average molecular weight is 303 g/mol. The summed E-state index contributed by atoms with van der Waals surface area (Å²) in [4.78, 5) is 8.73. The first-order chi connectivity index (χ1) is 11.4. The second-order valence-electron chi connectivity index (χ2n) is 5.46. The van der Waals surface area contributed by atoms with Gasteiger partial charge in [0.05, 0.1) is 12.8 Å². The summed E-state index contributed by atoms with van der Waals surface area (Å²) in [6, 6.07) is 16.4. The van der Waals surface area contributed by atoms with Crippen molar-refractivity contribution < 1.29 is 4.74 Å². The molecule has 1 N–H and O–H groups in total. The maximum absolute atomic E-state index is 5.64. The average Bonchev–Trinajstić information content (AvgIpc) is 2.96. The first kappa shape index (κ1) is 13.8. The number of nitrogens with one attached hydrogen (secondary N) is 1. The molecule has 0 saturated heterocycles. The fraction of sp³-hybridized carbons (Fsp3) is 0.158. The Balaban J connectivity index is 1.40. The fourth-order valence-electron chi connectivity index (χ4n) is 2.84. The van der Waals surface area contributed by atoms with Gasteiger partial charge < -0.3 is 10.1 Å². The number of pyridine rings is 1. The third kappa shape index (κ3) is 2.75. The normalized spacial score (nSPS) is 14.2. The zero-order chi connectivity index (χ0) is 15.5. The molecular formula is C19H17N3O. The predicted octanol–water partition coefficient (Wildman–Crippen LogP) is 3.88. The number of nitrogens with zero attached hydrogens (tertiary/aromatic N) is 2. The van der Waals surface area contributed by atoms with E-state index in [0.29, 0.717) is 6.61 Å². The summed E-state index contributed by atoms with van der Waals surface area (Å²) in [5, 5.41) is 5.93.